The number of methoxy groups -OCH3 is 1. The van der Waals surface area contributed by atoms with Crippen LogP contribution in [0.1, 0.15) is 23.2 Å². The lowest BCUT2D eigenvalue weighted by Crippen LogP contribution is -2.28. The molecule has 1 aliphatic heterocycles. The summed E-state index contributed by atoms with van der Waals surface area (Å²) in [6.07, 6.45) is 2.39. The van der Waals surface area contributed by atoms with Crippen LogP contribution in [0.3, 0.4) is 0 Å². The number of amides is 1. The van der Waals surface area contributed by atoms with Crippen LogP contribution in [-0.2, 0) is 4.74 Å². The second-order valence-corrected chi connectivity index (χ2v) is 8.41. The van der Waals surface area contributed by atoms with Gasteiger partial charge in [-0.15, -0.1) is 0 Å². The van der Waals surface area contributed by atoms with E-state index in [4.69, 9.17) is 9.47 Å². The summed E-state index contributed by atoms with van der Waals surface area (Å²) < 4.78 is 11.0. The highest BCUT2D eigenvalue weighted by molar-refractivity contribution is 6.02. The van der Waals surface area contributed by atoms with Crippen molar-refractivity contribution < 1.29 is 14.3 Å². The van der Waals surface area contributed by atoms with Crippen LogP contribution in [0.2, 0.25) is 0 Å². The Balaban J connectivity index is 1.38. The number of fused-ring (bicyclic) bond motifs is 2. The zero-order valence-electron chi connectivity index (χ0n) is 18.7. The quantitative estimate of drug-likeness (QED) is 0.359. The highest BCUT2D eigenvalue weighted by atomic mass is 16.5. The fourth-order valence-electron chi connectivity index (χ4n) is 4.30. The van der Waals surface area contributed by atoms with Crippen LogP contribution in [0, 0.1) is 0 Å². The van der Waals surface area contributed by atoms with E-state index < -0.39 is 0 Å². The lowest BCUT2D eigenvalue weighted by molar-refractivity contribution is 0.0937. The van der Waals surface area contributed by atoms with Crippen molar-refractivity contribution in [3.8, 4) is 17.0 Å². The molecule has 5 rings (SSSR count). The van der Waals surface area contributed by atoms with E-state index in [2.05, 4.69) is 51.2 Å². The van der Waals surface area contributed by atoms with Gasteiger partial charge in [0.1, 0.15) is 12.4 Å². The molecule has 0 unspecified atom stereocenters. The SMILES string of the molecule is COCCNC(=O)c1ccc2[nH]nc(-c3ccc4cc(OC[C@@H]5CCCN5)ccc4c3)c2c1. The third-order valence-electron chi connectivity index (χ3n) is 6.12. The van der Waals surface area contributed by atoms with E-state index in [1.807, 2.05) is 18.2 Å². The molecule has 0 bridgehead atoms. The molecule has 0 aliphatic carbocycles. The van der Waals surface area contributed by atoms with E-state index in [-0.39, 0.29) is 5.91 Å². The van der Waals surface area contributed by atoms with Crippen LogP contribution in [0.4, 0.5) is 0 Å². The van der Waals surface area contributed by atoms with Crippen molar-refractivity contribution in [1.29, 1.82) is 0 Å². The summed E-state index contributed by atoms with van der Waals surface area (Å²) in [5, 5.41) is 17.1. The van der Waals surface area contributed by atoms with E-state index in [1.54, 1.807) is 13.2 Å². The van der Waals surface area contributed by atoms with Gasteiger partial charge in [-0.25, -0.2) is 0 Å². The molecule has 0 spiro atoms. The number of aromatic nitrogens is 2. The number of benzene rings is 3. The number of nitrogens with one attached hydrogen (secondary N) is 3. The van der Waals surface area contributed by atoms with Gasteiger partial charge in [0.05, 0.1) is 17.8 Å². The first-order chi connectivity index (χ1) is 16.2. The van der Waals surface area contributed by atoms with Gasteiger partial charge in [0, 0.05) is 36.2 Å². The van der Waals surface area contributed by atoms with Crippen molar-refractivity contribution in [2.45, 2.75) is 18.9 Å². The number of nitrogens with zero attached hydrogens (tertiary/aromatic N) is 1. The number of hydrogen-bond donors (Lipinski definition) is 3. The molecule has 7 heteroatoms. The summed E-state index contributed by atoms with van der Waals surface area (Å²) >= 11 is 0. The zero-order chi connectivity index (χ0) is 22.6. The third kappa shape index (κ3) is 4.69. The van der Waals surface area contributed by atoms with Gasteiger partial charge >= 0.3 is 0 Å². The Morgan fingerprint density at radius 2 is 2.00 bits per heavy atom. The van der Waals surface area contributed by atoms with E-state index in [0.717, 1.165) is 45.2 Å². The first-order valence-corrected chi connectivity index (χ1v) is 11.4. The average Bonchev–Trinajstić information content (AvgIpc) is 3.52. The molecule has 1 saturated heterocycles. The number of aromatic amines is 1. The van der Waals surface area contributed by atoms with Crippen molar-refractivity contribution in [3.05, 3.63) is 60.2 Å². The maximum Gasteiger partial charge on any atom is 0.251 e. The number of H-pyrrole nitrogens is 1. The fourth-order valence-corrected chi connectivity index (χ4v) is 4.30. The van der Waals surface area contributed by atoms with Crippen LogP contribution in [0.5, 0.6) is 5.75 Å². The number of ether oxygens (including phenoxy) is 2. The smallest absolute Gasteiger partial charge is 0.251 e. The topological polar surface area (TPSA) is 88.3 Å². The molecule has 4 aromatic rings. The van der Waals surface area contributed by atoms with Crippen molar-refractivity contribution in [1.82, 2.24) is 20.8 Å². The first-order valence-electron chi connectivity index (χ1n) is 11.4. The molecule has 170 valence electrons. The predicted molar refractivity (Wildman–Crippen MR) is 130 cm³/mol. The monoisotopic (exact) mass is 444 g/mol. The molecule has 3 aromatic carbocycles. The van der Waals surface area contributed by atoms with Gasteiger partial charge in [0.2, 0.25) is 0 Å². The number of carbonyl (C=O) groups is 1. The van der Waals surface area contributed by atoms with E-state index >= 15 is 0 Å². The Hall–Kier alpha value is -3.42. The summed E-state index contributed by atoms with van der Waals surface area (Å²) in [7, 11) is 1.61. The highest BCUT2D eigenvalue weighted by Crippen LogP contribution is 2.31. The summed E-state index contributed by atoms with van der Waals surface area (Å²) in [5.74, 6) is 0.762. The van der Waals surface area contributed by atoms with Gasteiger partial charge in [-0.1, -0.05) is 18.2 Å². The summed E-state index contributed by atoms with van der Waals surface area (Å²) in [4.78, 5) is 12.5. The molecular weight excluding hydrogens is 416 g/mol. The van der Waals surface area contributed by atoms with E-state index in [9.17, 15) is 4.79 Å². The Bertz CT molecular complexity index is 1280. The van der Waals surface area contributed by atoms with Gasteiger partial charge in [0.15, 0.2) is 0 Å². The van der Waals surface area contributed by atoms with Gasteiger partial charge in [-0.3, -0.25) is 9.89 Å². The van der Waals surface area contributed by atoms with E-state index in [0.29, 0.717) is 31.4 Å². The second-order valence-electron chi connectivity index (χ2n) is 8.41. The molecule has 0 radical (unpaired) electrons. The van der Waals surface area contributed by atoms with E-state index in [1.165, 1.54) is 12.8 Å². The predicted octanol–water partition coefficient (Wildman–Crippen LogP) is 3.89. The molecule has 33 heavy (non-hydrogen) atoms. The zero-order valence-corrected chi connectivity index (χ0v) is 18.7. The molecule has 1 atom stereocenters. The highest BCUT2D eigenvalue weighted by Gasteiger charge is 2.15. The lowest BCUT2D eigenvalue weighted by atomic mass is 10.0. The minimum atomic E-state index is -0.125. The van der Waals surface area contributed by atoms with Crippen molar-refractivity contribution in [3.63, 3.8) is 0 Å². The molecule has 3 N–H and O–H groups in total. The molecular formula is C26H28N4O3. The minimum Gasteiger partial charge on any atom is -0.492 e. The largest absolute Gasteiger partial charge is 0.492 e. The maximum absolute atomic E-state index is 12.5. The molecule has 7 nitrogen and oxygen atoms in total. The Morgan fingerprint density at radius 3 is 2.85 bits per heavy atom. The number of hydrogen-bond acceptors (Lipinski definition) is 5. The molecule has 1 aromatic heterocycles. The number of carbonyl (C=O) groups excluding carboxylic acids is 1. The van der Waals surface area contributed by atoms with Gasteiger partial charge in [-0.05, 0) is 66.6 Å². The normalized spacial score (nSPS) is 15.8. The molecule has 1 aliphatic rings. The summed E-state index contributed by atoms with van der Waals surface area (Å²) in [5.41, 5.74) is 3.31. The van der Waals surface area contributed by atoms with Crippen LogP contribution in [-0.4, -0.2) is 55.6 Å². The summed E-state index contributed by atoms with van der Waals surface area (Å²) in [6, 6.07) is 18.5. The third-order valence-corrected chi connectivity index (χ3v) is 6.12. The molecule has 2 heterocycles. The first kappa shape index (κ1) is 21.4. The summed E-state index contributed by atoms with van der Waals surface area (Å²) in [6.45, 7) is 2.73. The Labute approximate surface area is 192 Å². The minimum absolute atomic E-state index is 0.125. The lowest BCUT2D eigenvalue weighted by Gasteiger charge is -2.12. The van der Waals surface area contributed by atoms with Crippen molar-refractivity contribution in [2.75, 3.05) is 33.4 Å². The van der Waals surface area contributed by atoms with Crippen molar-refractivity contribution >= 4 is 27.6 Å². The van der Waals surface area contributed by atoms with Gasteiger partial charge < -0.3 is 20.1 Å². The van der Waals surface area contributed by atoms with Crippen LogP contribution < -0.4 is 15.4 Å². The van der Waals surface area contributed by atoms with Crippen molar-refractivity contribution in [2.24, 2.45) is 0 Å². The standard InChI is InChI=1S/C26H28N4O3/c1-32-12-11-28-26(31)20-7-9-24-23(15-20)25(30-29-24)19-5-4-18-14-22(8-6-17(18)13-19)33-16-21-3-2-10-27-21/h4-9,13-15,21,27H,2-3,10-12,16H2,1H3,(H,28,31)(H,29,30)/t21-/m0/s1. The van der Waals surface area contributed by atoms with Crippen LogP contribution in [0.25, 0.3) is 32.9 Å². The maximum atomic E-state index is 12.5. The average molecular weight is 445 g/mol. The Morgan fingerprint density at radius 1 is 1.12 bits per heavy atom. The van der Waals surface area contributed by atoms with Gasteiger partial charge in [-0.2, -0.15) is 5.10 Å². The van der Waals surface area contributed by atoms with Crippen LogP contribution >= 0.6 is 0 Å². The van der Waals surface area contributed by atoms with Crippen LogP contribution in [0.15, 0.2) is 54.6 Å². The second kappa shape index (κ2) is 9.60. The Kier molecular flexibility index (Phi) is 6.24. The van der Waals surface area contributed by atoms with Gasteiger partial charge in [0.25, 0.3) is 5.91 Å². The fraction of sp³-hybridized carbons (Fsp3) is 0.308. The molecule has 0 saturated carbocycles. The number of rotatable bonds is 8. The molecule has 1 amide bonds. The molecule has 1 fully saturated rings.